The fraction of sp³-hybridized carbons (Fsp3) is 0.273. The molecule has 0 spiro atoms. The Morgan fingerprint density at radius 3 is 2.33 bits per heavy atom. The summed E-state index contributed by atoms with van der Waals surface area (Å²) in [5.41, 5.74) is 0.321. The third-order valence-corrected chi connectivity index (χ3v) is 2.32. The van der Waals surface area contributed by atoms with Crippen LogP contribution in [0.1, 0.15) is 17.3 Å². The highest BCUT2D eigenvalue weighted by molar-refractivity contribution is 7.80. The highest BCUT2D eigenvalue weighted by Gasteiger charge is 2.36. The third-order valence-electron chi connectivity index (χ3n) is 2.10. The number of hydrogen-bond donors (Lipinski definition) is 2. The predicted molar refractivity (Wildman–Crippen MR) is 65.2 cm³/mol. The first-order valence-electron chi connectivity index (χ1n) is 5.04. The van der Waals surface area contributed by atoms with Gasteiger partial charge >= 0.3 is 6.18 Å². The van der Waals surface area contributed by atoms with Crippen LogP contribution in [0.3, 0.4) is 0 Å². The molecule has 1 amide bonds. The fourth-order valence-corrected chi connectivity index (χ4v) is 1.35. The minimum Gasteiger partial charge on any atom is -0.351 e. The molecule has 0 aliphatic heterocycles. The van der Waals surface area contributed by atoms with Gasteiger partial charge in [0.05, 0.1) is 0 Å². The molecule has 0 saturated heterocycles. The van der Waals surface area contributed by atoms with Crippen LogP contribution >= 0.6 is 12.2 Å². The van der Waals surface area contributed by atoms with Crippen LogP contribution in [-0.4, -0.2) is 23.2 Å². The van der Waals surface area contributed by atoms with Crippen molar-refractivity contribution in [1.82, 2.24) is 10.6 Å². The summed E-state index contributed by atoms with van der Waals surface area (Å²) in [6.45, 7) is 0.918. The SMILES string of the molecule is C[C@@H](NC(=S)NC(=O)c1ccccc1)C(F)(F)F. The number of halogens is 3. The molecule has 1 aromatic rings. The van der Waals surface area contributed by atoms with Crippen LogP contribution in [0, 0.1) is 0 Å². The van der Waals surface area contributed by atoms with E-state index in [0.717, 1.165) is 6.92 Å². The number of nitrogens with one attached hydrogen (secondary N) is 2. The lowest BCUT2D eigenvalue weighted by Gasteiger charge is -2.18. The molecule has 3 nitrogen and oxygen atoms in total. The summed E-state index contributed by atoms with van der Waals surface area (Å²) in [5.74, 6) is -0.553. The molecule has 0 unspecified atom stereocenters. The predicted octanol–water partition coefficient (Wildman–Crippen LogP) is 2.24. The van der Waals surface area contributed by atoms with E-state index >= 15 is 0 Å². The second-order valence-corrected chi connectivity index (χ2v) is 3.97. The molecular weight excluding hydrogens is 265 g/mol. The Balaban J connectivity index is 2.54. The summed E-state index contributed by atoms with van der Waals surface area (Å²) in [7, 11) is 0. The summed E-state index contributed by atoms with van der Waals surface area (Å²) in [5, 5.41) is 3.82. The third kappa shape index (κ3) is 4.33. The molecule has 0 aromatic heterocycles. The molecule has 1 atom stereocenters. The van der Waals surface area contributed by atoms with Crippen LogP contribution in [0.5, 0.6) is 0 Å². The molecule has 0 aliphatic rings. The van der Waals surface area contributed by atoms with Gasteiger partial charge in [-0.1, -0.05) is 18.2 Å². The highest BCUT2D eigenvalue weighted by atomic mass is 32.1. The molecule has 98 valence electrons. The van der Waals surface area contributed by atoms with Crippen molar-refractivity contribution in [2.45, 2.75) is 19.1 Å². The standard InChI is InChI=1S/C11H11F3N2OS/c1-7(11(12,13)14)15-10(18)16-9(17)8-5-3-2-4-6-8/h2-7H,1H3,(H2,15,16,17,18)/t7-/m1/s1. The lowest BCUT2D eigenvalue weighted by atomic mass is 10.2. The van der Waals surface area contributed by atoms with Crippen molar-refractivity contribution in [2.75, 3.05) is 0 Å². The Hall–Kier alpha value is -1.63. The maximum atomic E-state index is 12.2. The quantitative estimate of drug-likeness (QED) is 0.814. The topological polar surface area (TPSA) is 41.1 Å². The van der Waals surface area contributed by atoms with Gasteiger partial charge in [0.25, 0.3) is 5.91 Å². The fourth-order valence-electron chi connectivity index (χ4n) is 1.08. The molecule has 0 fully saturated rings. The summed E-state index contributed by atoms with van der Waals surface area (Å²) < 4.78 is 36.7. The van der Waals surface area contributed by atoms with Crippen LogP contribution in [-0.2, 0) is 0 Å². The van der Waals surface area contributed by atoms with E-state index in [9.17, 15) is 18.0 Å². The molecule has 18 heavy (non-hydrogen) atoms. The largest absolute Gasteiger partial charge is 0.408 e. The number of alkyl halides is 3. The molecule has 1 rings (SSSR count). The summed E-state index contributed by atoms with van der Waals surface area (Å²) in [6, 6.07) is 6.25. The van der Waals surface area contributed by atoms with Gasteiger partial charge in [-0.2, -0.15) is 13.2 Å². The van der Waals surface area contributed by atoms with Crippen LogP contribution in [0.2, 0.25) is 0 Å². The number of carbonyl (C=O) groups is 1. The van der Waals surface area contributed by atoms with Gasteiger partial charge in [0.1, 0.15) is 6.04 Å². The summed E-state index contributed by atoms with van der Waals surface area (Å²) >= 11 is 4.63. The van der Waals surface area contributed by atoms with E-state index in [1.165, 1.54) is 12.1 Å². The van der Waals surface area contributed by atoms with E-state index < -0.39 is 18.1 Å². The van der Waals surface area contributed by atoms with Gasteiger partial charge in [-0.3, -0.25) is 10.1 Å². The molecule has 7 heteroatoms. The number of hydrogen-bond acceptors (Lipinski definition) is 2. The van der Waals surface area contributed by atoms with Gasteiger partial charge in [-0.25, -0.2) is 0 Å². The minimum absolute atomic E-state index is 0.321. The van der Waals surface area contributed by atoms with E-state index in [0.29, 0.717) is 5.56 Å². The minimum atomic E-state index is -4.42. The number of amides is 1. The van der Waals surface area contributed by atoms with E-state index in [-0.39, 0.29) is 5.11 Å². The average molecular weight is 276 g/mol. The summed E-state index contributed by atoms with van der Waals surface area (Å²) in [4.78, 5) is 11.6. The van der Waals surface area contributed by atoms with Gasteiger partial charge in [-0.05, 0) is 31.3 Å². The van der Waals surface area contributed by atoms with Crippen molar-refractivity contribution in [3.05, 3.63) is 35.9 Å². The smallest absolute Gasteiger partial charge is 0.351 e. The van der Waals surface area contributed by atoms with Crippen LogP contribution < -0.4 is 10.6 Å². The molecule has 0 saturated carbocycles. The van der Waals surface area contributed by atoms with E-state index in [4.69, 9.17) is 0 Å². The van der Waals surface area contributed by atoms with Crippen LogP contribution in [0.25, 0.3) is 0 Å². The molecule has 0 radical (unpaired) electrons. The zero-order chi connectivity index (χ0) is 13.8. The molecule has 0 aliphatic carbocycles. The number of rotatable bonds is 2. The highest BCUT2D eigenvalue weighted by Crippen LogP contribution is 2.19. The van der Waals surface area contributed by atoms with E-state index in [1.807, 2.05) is 5.32 Å². The van der Waals surface area contributed by atoms with Gasteiger partial charge in [0.15, 0.2) is 5.11 Å². The van der Waals surface area contributed by atoms with Crippen LogP contribution in [0.15, 0.2) is 30.3 Å². The number of thiocarbonyl (C=S) groups is 1. The Kier molecular flexibility index (Phi) is 4.66. The first kappa shape index (κ1) is 14.4. The average Bonchev–Trinajstić information content (AvgIpc) is 2.28. The number of carbonyl (C=O) groups excluding carboxylic acids is 1. The second-order valence-electron chi connectivity index (χ2n) is 3.56. The first-order valence-corrected chi connectivity index (χ1v) is 5.45. The van der Waals surface area contributed by atoms with Crippen molar-refractivity contribution in [1.29, 1.82) is 0 Å². The van der Waals surface area contributed by atoms with Gasteiger partial charge in [0.2, 0.25) is 0 Å². The molecule has 1 aromatic carbocycles. The zero-order valence-corrected chi connectivity index (χ0v) is 10.2. The lowest BCUT2D eigenvalue weighted by Crippen LogP contribution is -2.48. The molecule has 2 N–H and O–H groups in total. The van der Waals surface area contributed by atoms with E-state index in [1.54, 1.807) is 18.2 Å². The maximum absolute atomic E-state index is 12.2. The molecule has 0 bridgehead atoms. The van der Waals surface area contributed by atoms with Gasteiger partial charge < -0.3 is 5.32 Å². The Morgan fingerprint density at radius 2 is 1.83 bits per heavy atom. The Labute approximate surface area is 107 Å². The second kappa shape index (κ2) is 5.81. The zero-order valence-electron chi connectivity index (χ0n) is 9.41. The molecular formula is C11H11F3N2OS. The normalized spacial score (nSPS) is 12.7. The van der Waals surface area contributed by atoms with Crippen molar-refractivity contribution in [2.24, 2.45) is 0 Å². The van der Waals surface area contributed by atoms with Crippen LogP contribution in [0.4, 0.5) is 13.2 Å². The van der Waals surface area contributed by atoms with Crippen molar-refractivity contribution < 1.29 is 18.0 Å². The lowest BCUT2D eigenvalue weighted by molar-refractivity contribution is -0.147. The number of benzene rings is 1. The van der Waals surface area contributed by atoms with E-state index in [2.05, 4.69) is 17.5 Å². The summed E-state index contributed by atoms with van der Waals surface area (Å²) in [6.07, 6.45) is -4.42. The first-order chi connectivity index (χ1) is 8.30. The monoisotopic (exact) mass is 276 g/mol. The maximum Gasteiger partial charge on any atom is 0.408 e. The Morgan fingerprint density at radius 1 is 1.28 bits per heavy atom. The molecule has 0 heterocycles. The van der Waals surface area contributed by atoms with Gasteiger partial charge in [-0.15, -0.1) is 0 Å². The van der Waals surface area contributed by atoms with Crippen molar-refractivity contribution in [3.63, 3.8) is 0 Å². The Bertz CT molecular complexity index is 434. The van der Waals surface area contributed by atoms with Crippen molar-refractivity contribution >= 4 is 23.2 Å². The van der Waals surface area contributed by atoms with Gasteiger partial charge in [0, 0.05) is 5.56 Å². The van der Waals surface area contributed by atoms with Crippen molar-refractivity contribution in [3.8, 4) is 0 Å².